The van der Waals surface area contributed by atoms with Crippen molar-refractivity contribution in [3.63, 3.8) is 0 Å². The fraction of sp³-hybridized carbons (Fsp3) is 0.238. The van der Waals surface area contributed by atoms with Gasteiger partial charge in [-0.1, -0.05) is 36.4 Å². The molecule has 24 heavy (non-hydrogen) atoms. The molecule has 0 aliphatic rings. The maximum Gasteiger partial charge on any atom is 0.125 e. The Hall–Kier alpha value is -2.52. The zero-order chi connectivity index (χ0) is 16.8. The predicted octanol–water partition coefficient (Wildman–Crippen LogP) is 4.32. The third-order valence-electron chi connectivity index (χ3n) is 4.13. The lowest BCUT2D eigenvalue weighted by Gasteiger charge is -2.12. The molecule has 0 fully saturated rings. The van der Waals surface area contributed by atoms with Crippen LogP contribution in [0.4, 0.5) is 0 Å². The lowest BCUT2D eigenvalue weighted by molar-refractivity contribution is 0.297. The number of nitrogens with two attached hydrogens (primary N) is 1. The predicted molar refractivity (Wildman–Crippen MR) is 98.6 cm³/mol. The summed E-state index contributed by atoms with van der Waals surface area (Å²) in [7, 11) is 1.69. The maximum atomic E-state index is 6.00. The van der Waals surface area contributed by atoms with E-state index in [-0.39, 0.29) is 0 Å². The Labute approximate surface area is 143 Å². The Morgan fingerprint density at radius 2 is 1.75 bits per heavy atom. The molecule has 2 N–H and O–H groups in total. The Morgan fingerprint density at radius 1 is 0.917 bits per heavy atom. The Kier molecular flexibility index (Phi) is 5.34. The summed E-state index contributed by atoms with van der Waals surface area (Å²) in [6, 6.07) is 20.7. The summed E-state index contributed by atoms with van der Waals surface area (Å²) in [6.45, 7) is 1.19. The van der Waals surface area contributed by atoms with E-state index < -0.39 is 0 Å². The summed E-state index contributed by atoms with van der Waals surface area (Å²) in [4.78, 5) is 0. The van der Waals surface area contributed by atoms with Gasteiger partial charge in [-0.05, 0) is 60.0 Å². The van der Waals surface area contributed by atoms with E-state index in [4.69, 9.17) is 15.2 Å². The molecule has 0 amide bonds. The molecule has 3 aromatic rings. The highest BCUT2D eigenvalue weighted by Gasteiger charge is 2.06. The van der Waals surface area contributed by atoms with Gasteiger partial charge in [-0.15, -0.1) is 0 Å². The smallest absolute Gasteiger partial charge is 0.125 e. The van der Waals surface area contributed by atoms with Crippen molar-refractivity contribution in [2.45, 2.75) is 19.4 Å². The van der Waals surface area contributed by atoms with Crippen molar-refractivity contribution < 1.29 is 9.47 Å². The van der Waals surface area contributed by atoms with Crippen molar-refractivity contribution in [1.82, 2.24) is 0 Å². The summed E-state index contributed by atoms with van der Waals surface area (Å²) in [5, 5.41) is 2.39. The molecular formula is C21H23NO2. The van der Waals surface area contributed by atoms with E-state index in [9.17, 15) is 0 Å². The molecule has 0 aromatic heterocycles. The highest BCUT2D eigenvalue weighted by atomic mass is 16.5. The molecule has 0 saturated carbocycles. The fourth-order valence-corrected chi connectivity index (χ4v) is 2.82. The molecule has 3 nitrogen and oxygen atoms in total. The quantitative estimate of drug-likeness (QED) is 0.705. The summed E-state index contributed by atoms with van der Waals surface area (Å²) in [5.74, 6) is 1.72. The van der Waals surface area contributed by atoms with Crippen LogP contribution in [0.5, 0.6) is 11.5 Å². The van der Waals surface area contributed by atoms with E-state index in [0.717, 1.165) is 29.9 Å². The topological polar surface area (TPSA) is 44.5 Å². The lowest BCUT2D eigenvalue weighted by Crippen LogP contribution is -2.03. The molecule has 3 heteroatoms. The van der Waals surface area contributed by atoms with Gasteiger partial charge in [0.05, 0.1) is 7.11 Å². The second-order valence-corrected chi connectivity index (χ2v) is 5.84. The van der Waals surface area contributed by atoms with Gasteiger partial charge in [0.15, 0.2) is 0 Å². The second kappa shape index (κ2) is 7.84. The van der Waals surface area contributed by atoms with Gasteiger partial charge in [0, 0.05) is 5.56 Å². The lowest BCUT2D eigenvalue weighted by atomic mass is 10.1. The van der Waals surface area contributed by atoms with Crippen LogP contribution in [-0.4, -0.2) is 13.7 Å². The van der Waals surface area contributed by atoms with Crippen molar-refractivity contribution in [3.8, 4) is 11.5 Å². The highest BCUT2D eigenvalue weighted by molar-refractivity contribution is 5.83. The van der Waals surface area contributed by atoms with Crippen LogP contribution in [0.15, 0.2) is 60.7 Å². The fourth-order valence-electron chi connectivity index (χ4n) is 2.82. The van der Waals surface area contributed by atoms with Crippen LogP contribution in [0.3, 0.4) is 0 Å². The summed E-state index contributed by atoms with van der Waals surface area (Å²) in [5.41, 5.74) is 7.92. The van der Waals surface area contributed by atoms with Crippen LogP contribution < -0.4 is 15.2 Å². The molecule has 0 aliphatic carbocycles. The van der Waals surface area contributed by atoms with Crippen molar-refractivity contribution in [3.05, 3.63) is 71.8 Å². The largest absolute Gasteiger partial charge is 0.496 e. The van der Waals surface area contributed by atoms with Crippen LogP contribution >= 0.6 is 0 Å². The molecule has 0 radical (unpaired) electrons. The van der Waals surface area contributed by atoms with Gasteiger partial charge in [0.2, 0.25) is 0 Å². The second-order valence-electron chi connectivity index (χ2n) is 5.84. The van der Waals surface area contributed by atoms with E-state index in [2.05, 4.69) is 36.4 Å². The molecule has 0 aliphatic heterocycles. The number of aryl methyl sites for hydroxylation is 1. The number of ether oxygens (including phenoxy) is 2. The third kappa shape index (κ3) is 3.87. The number of rotatable bonds is 7. The molecule has 0 spiro atoms. The standard InChI is InChI=1S/C21H23NO2/c1-23-21-11-8-16(5-4-12-22)13-19(21)15-24-20-10-9-17-6-2-3-7-18(17)14-20/h2-3,6-11,13-14H,4-5,12,15,22H2,1H3. The van der Waals surface area contributed by atoms with Crippen molar-refractivity contribution >= 4 is 10.8 Å². The Bertz CT molecular complexity index is 814. The average molecular weight is 321 g/mol. The van der Waals surface area contributed by atoms with E-state index in [1.54, 1.807) is 7.11 Å². The first kappa shape index (κ1) is 16.3. The molecule has 3 aromatic carbocycles. The minimum atomic E-state index is 0.484. The third-order valence-corrected chi connectivity index (χ3v) is 4.13. The number of benzene rings is 3. The zero-order valence-electron chi connectivity index (χ0n) is 14.0. The number of methoxy groups -OCH3 is 1. The van der Waals surface area contributed by atoms with Gasteiger partial charge < -0.3 is 15.2 Å². The van der Waals surface area contributed by atoms with E-state index in [1.165, 1.54) is 16.3 Å². The highest BCUT2D eigenvalue weighted by Crippen LogP contribution is 2.25. The summed E-state index contributed by atoms with van der Waals surface area (Å²) >= 11 is 0. The van der Waals surface area contributed by atoms with E-state index in [1.807, 2.05) is 24.3 Å². The minimum absolute atomic E-state index is 0.484. The van der Waals surface area contributed by atoms with Crippen molar-refractivity contribution in [1.29, 1.82) is 0 Å². The van der Waals surface area contributed by atoms with Crippen LogP contribution in [-0.2, 0) is 13.0 Å². The van der Waals surface area contributed by atoms with Gasteiger partial charge in [-0.3, -0.25) is 0 Å². The first-order valence-corrected chi connectivity index (χ1v) is 8.27. The van der Waals surface area contributed by atoms with Crippen molar-refractivity contribution in [2.75, 3.05) is 13.7 Å². The SMILES string of the molecule is COc1ccc(CCCN)cc1COc1ccc2ccccc2c1. The number of hydrogen-bond acceptors (Lipinski definition) is 3. The summed E-state index contributed by atoms with van der Waals surface area (Å²) in [6.07, 6.45) is 1.96. The van der Waals surface area contributed by atoms with Crippen LogP contribution in [0.25, 0.3) is 10.8 Å². The van der Waals surface area contributed by atoms with Gasteiger partial charge in [0.1, 0.15) is 18.1 Å². The first-order valence-electron chi connectivity index (χ1n) is 8.27. The molecule has 0 bridgehead atoms. The molecule has 0 atom stereocenters. The average Bonchev–Trinajstić information content (AvgIpc) is 2.64. The Balaban J connectivity index is 1.76. The van der Waals surface area contributed by atoms with Gasteiger partial charge in [-0.2, -0.15) is 0 Å². The number of hydrogen-bond donors (Lipinski definition) is 1. The van der Waals surface area contributed by atoms with E-state index in [0.29, 0.717) is 13.2 Å². The van der Waals surface area contributed by atoms with Gasteiger partial charge in [0.25, 0.3) is 0 Å². The van der Waals surface area contributed by atoms with Gasteiger partial charge in [-0.25, -0.2) is 0 Å². The van der Waals surface area contributed by atoms with Crippen molar-refractivity contribution in [2.24, 2.45) is 5.73 Å². The monoisotopic (exact) mass is 321 g/mol. The molecule has 0 unspecified atom stereocenters. The van der Waals surface area contributed by atoms with Crippen LogP contribution in [0.1, 0.15) is 17.5 Å². The first-order chi connectivity index (χ1) is 11.8. The zero-order valence-corrected chi connectivity index (χ0v) is 14.0. The normalized spacial score (nSPS) is 10.8. The maximum absolute atomic E-state index is 6.00. The Morgan fingerprint density at radius 3 is 2.54 bits per heavy atom. The molecule has 0 heterocycles. The molecule has 0 saturated heterocycles. The molecule has 3 rings (SSSR count). The summed E-state index contributed by atoms with van der Waals surface area (Å²) < 4.78 is 11.5. The van der Waals surface area contributed by atoms with Gasteiger partial charge >= 0.3 is 0 Å². The molecular weight excluding hydrogens is 298 g/mol. The molecule has 124 valence electrons. The van der Waals surface area contributed by atoms with Crippen LogP contribution in [0, 0.1) is 0 Å². The number of fused-ring (bicyclic) bond motifs is 1. The van der Waals surface area contributed by atoms with Crippen LogP contribution in [0.2, 0.25) is 0 Å². The minimum Gasteiger partial charge on any atom is -0.496 e. The van der Waals surface area contributed by atoms with E-state index >= 15 is 0 Å².